The van der Waals surface area contributed by atoms with Gasteiger partial charge in [0.15, 0.2) is 0 Å². The molecule has 0 unspecified atom stereocenters. The highest BCUT2D eigenvalue weighted by atomic mass is 32.2. The highest BCUT2D eigenvalue weighted by Gasteiger charge is 2.29. The minimum atomic E-state index is -3.67. The summed E-state index contributed by atoms with van der Waals surface area (Å²) in [7, 11) is -2.13. The molecule has 2 aromatic carbocycles. The number of sulfonamides is 1. The summed E-state index contributed by atoms with van der Waals surface area (Å²) in [5.74, 6) is -0.226. The average Bonchev–Trinajstić information content (AvgIpc) is 2.71. The van der Waals surface area contributed by atoms with Crippen LogP contribution in [0.5, 0.6) is 5.75 Å². The number of nitrogens with one attached hydrogen (secondary N) is 1. The van der Waals surface area contributed by atoms with E-state index in [1.807, 2.05) is 12.1 Å². The van der Waals surface area contributed by atoms with Crippen LogP contribution in [0.2, 0.25) is 0 Å². The lowest BCUT2D eigenvalue weighted by atomic mass is 10.2. The summed E-state index contributed by atoms with van der Waals surface area (Å²) in [6.07, 6.45) is 2.28. The van der Waals surface area contributed by atoms with Gasteiger partial charge in [0.1, 0.15) is 10.6 Å². The van der Waals surface area contributed by atoms with Crippen LogP contribution in [0.3, 0.4) is 0 Å². The molecule has 0 spiro atoms. The van der Waals surface area contributed by atoms with Gasteiger partial charge in [-0.3, -0.25) is 9.10 Å². The maximum atomic E-state index is 12.9. The van der Waals surface area contributed by atoms with E-state index in [1.165, 1.54) is 11.4 Å². The van der Waals surface area contributed by atoms with Crippen LogP contribution < -0.4 is 14.4 Å². The first-order chi connectivity index (χ1) is 12.9. The second-order valence-corrected chi connectivity index (χ2v) is 8.26. The van der Waals surface area contributed by atoms with Gasteiger partial charge in [0.05, 0.1) is 23.7 Å². The maximum Gasteiger partial charge on any atom is 0.303 e. The predicted octanol–water partition coefficient (Wildman–Crippen LogP) is 3.59. The van der Waals surface area contributed by atoms with Gasteiger partial charge in [-0.15, -0.1) is 0 Å². The molecule has 1 aliphatic heterocycles. The van der Waals surface area contributed by atoms with Crippen LogP contribution >= 0.6 is 0 Å². The number of aliphatic carboxylic acids is 1. The van der Waals surface area contributed by atoms with Crippen molar-refractivity contribution in [3.63, 3.8) is 0 Å². The van der Waals surface area contributed by atoms with Crippen molar-refractivity contribution in [2.24, 2.45) is 0 Å². The number of benzene rings is 2. The first-order valence-corrected chi connectivity index (χ1v) is 10.2. The van der Waals surface area contributed by atoms with Gasteiger partial charge in [-0.1, -0.05) is 12.1 Å². The van der Waals surface area contributed by atoms with E-state index in [-0.39, 0.29) is 11.3 Å². The first-order valence-electron chi connectivity index (χ1n) is 8.73. The molecule has 0 atom stereocenters. The van der Waals surface area contributed by atoms with Crippen molar-refractivity contribution in [3.05, 3.63) is 42.5 Å². The van der Waals surface area contributed by atoms with Gasteiger partial charge in [-0.05, 0) is 43.5 Å². The molecule has 7 nitrogen and oxygen atoms in total. The van der Waals surface area contributed by atoms with Crippen molar-refractivity contribution in [1.29, 1.82) is 0 Å². The fourth-order valence-corrected chi connectivity index (χ4v) is 4.28. The Kier molecular flexibility index (Phi) is 5.55. The summed E-state index contributed by atoms with van der Waals surface area (Å²) >= 11 is 0. The summed E-state index contributed by atoms with van der Waals surface area (Å²) in [5, 5.41) is 11.8. The van der Waals surface area contributed by atoms with Gasteiger partial charge in [0.2, 0.25) is 0 Å². The van der Waals surface area contributed by atoms with Gasteiger partial charge in [0.25, 0.3) is 10.0 Å². The molecule has 0 aliphatic carbocycles. The molecule has 0 saturated heterocycles. The van der Waals surface area contributed by atoms with E-state index >= 15 is 0 Å². The first kappa shape index (κ1) is 19.0. The number of para-hydroxylation sites is 2. The van der Waals surface area contributed by atoms with Crippen LogP contribution in [0.25, 0.3) is 0 Å². The van der Waals surface area contributed by atoms with Crippen LogP contribution in [-0.2, 0) is 14.8 Å². The molecule has 144 valence electrons. The Morgan fingerprint density at radius 1 is 1.11 bits per heavy atom. The van der Waals surface area contributed by atoms with Crippen molar-refractivity contribution in [3.8, 4) is 5.75 Å². The second-order valence-electron chi connectivity index (χ2n) is 6.33. The van der Waals surface area contributed by atoms with Gasteiger partial charge in [-0.2, -0.15) is 0 Å². The van der Waals surface area contributed by atoms with E-state index in [1.54, 1.807) is 30.3 Å². The lowest BCUT2D eigenvalue weighted by Gasteiger charge is -2.18. The number of hydrogen-bond donors (Lipinski definition) is 2. The molecule has 1 aliphatic rings. The monoisotopic (exact) mass is 390 g/mol. The molecule has 8 heteroatoms. The van der Waals surface area contributed by atoms with Gasteiger partial charge in [-0.25, -0.2) is 8.42 Å². The number of anilines is 3. The summed E-state index contributed by atoms with van der Waals surface area (Å²) in [5.41, 5.74) is 1.75. The van der Waals surface area contributed by atoms with Gasteiger partial charge in [0, 0.05) is 19.5 Å². The van der Waals surface area contributed by atoms with Crippen LogP contribution in [0.1, 0.15) is 25.7 Å². The summed E-state index contributed by atoms with van der Waals surface area (Å²) in [6, 6.07) is 12.1. The molecule has 0 bridgehead atoms. The third-order valence-electron chi connectivity index (χ3n) is 4.41. The summed E-state index contributed by atoms with van der Waals surface area (Å²) in [6.45, 7) is 0.446. The second kappa shape index (κ2) is 7.87. The molecule has 27 heavy (non-hydrogen) atoms. The molecule has 2 N–H and O–H groups in total. The number of rotatable bonds is 7. The highest BCUT2D eigenvalue weighted by Crippen LogP contribution is 2.39. The van der Waals surface area contributed by atoms with Crippen LogP contribution in [0.4, 0.5) is 17.1 Å². The zero-order valence-electron chi connectivity index (χ0n) is 15.0. The zero-order valence-corrected chi connectivity index (χ0v) is 15.8. The highest BCUT2D eigenvalue weighted by molar-refractivity contribution is 7.93. The normalized spacial score (nSPS) is 14.5. The molecule has 0 aromatic heterocycles. The van der Waals surface area contributed by atoms with E-state index in [0.29, 0.717) is 35.8 Å². The number of nitrogens with zero attached hydrogens (tertiary/aromatic N) is 1. The third-order valence-corrected chi connectivity index (χ3v) is 6.24. The van der Waals surface area contributed by atoms with Crippen molar-refractivity contribution in [1.82, 2.24) is 0 Å². The van der Waals surface area contributed by atoms with Crippen molar-refractivity contribution in [2.45, 2.75) is 30.6 Å². The molecular weight excluding hydrogens is 368 g/mol. The molecule has 0 fully saturated rings. The van der Waals surface area contributed by atoms with E-state index in [4.69, 9.17) is 9.84 Å². The van der Waals surface area contributed by atoms with Crippen molar-refractivity contribution >= 4 is 33.1 Å². The zero-order chi connectivity index (χ0) is 19.4. The Morgan fingerprint density at radius 3 is 2.67 bits per heavy atom. The number of carboxylic acids is 1. The Bertz CT molecular complexity index is 943. The minimum Gasteiger partial charge on any atom is -0.494 e. The number of unbranched alkanes of at least 4 members (excludes halogenated alkanes) is 2. The van der Waals surface area contributed by atoms with Crippen LogP contribution in [0.15, 0.2) is 47.4 Å². The molecule has 0 saturated carbocycles. The summed E-state index contributed by atoms with van der Waals surface area (Å²) < 4.78 is 32.7. The largest absolute Gasteiger partial charge is 0.494 e. The van der Waals surface area contributed by atoms with Crippen LogP contribution in [0, 0.1) is 0 Å². The van der Waals surface area contributed by atoms with Crippen LogP contribution in [-0.4, -0.2) is 33.1 Å². The van der Waals surface area contributed by atoms with Crippen molar-refractivity contribution in [2.75, 3.05) is 23.3 Å². The summed E-state index contributed by atoms with van der Waals surface area (Å²) in [4.78, 5) is 10.7. The lowest BCUT2D eigenvalue weighted by Crippen LogP contribution is -2.25. The van der Waals surface area contributed by atoms with Crippen molar-refractivity contribution < 1.29 is 23.1 Å². The fourth-order valence-electron chi connectivity index (χ4n) is 2.94. The third kappa shape index (κ3) is 4.16. The smallest absolute Gasteiger partial charge is 0.303 e. The van der Waals surface area contributed by atoms with E-state index in [2.05, 4.69) is 5.32 Å². The lowest BCUT2D eigenvalue weighted by molar-refractivity contribution is -0.137. The Labute approximate surface area is 158 Å². The number of carboxylic acid groups (broad SMARTS) is 1. The number of hydrogen-bond acceptors (Lipinski definition) is 5. The predicted molar refractivity (Wildman–Crippen MR) is 103 cm³/mol. The SMILES string of the molecule is CN1c2ccccc2Nc2cc(OCCCCCC(=O)O)ccc2S1(=O)=O. The van der Waals surface area contributed by atoms with Gasteiger partial charge < -0.3 is 15.2 Å². The quantitative estimate of drug-likeness (QED) is 0.702. The Morgan fingerprint density at radius 2 is 1.89 bits per heavy atom. The van der Waals surface area contributed by atoms with E-state index in [0.717, 1.165) is 12.8 Å². The Hall–Kier alpha value is -2.74. The number of fused-ring (bicyclic) bond motifs is 2. The molecule has 3 rings (SSSR count). The molecule has 2 aromatic rings. The standard InChI is InChI=1S/C19H22N2O5S/c1-21-17-8-5-4-7-15(17)20-16-13-14(10-11-18(16)27(21,24)25)26-12-6-2-3-9-19(22)23/h4-5,7-8,10-11,13,20H,2-3,6,9,12H2,1H3,(H,22,23). The minimum absolute atomic E-state index is 0.160. The van der Waals surface area contributed by atoms with E-state index in [9.17, 15) is 13.2 Å². The molecule has 1 heterocycles. The van der Waals surface area contributed by atoms with Gasteiger partial charge >= 0.3 is 5.97 Å². The number of ether oxygens (including phenoxy) is 1. The molecule has 0 amide bonds. The molecular formula is C19H22N2O5S. The molecule has 0 radical (unpaired) electrons. The fraction of sp³-hybridized carbons (Fsp3) is 0.316. The topological polar surface area (TPSA) is 95.9 Å². The average molecular weight is 390 g/mol. The Balaban J connectivity index is 1.75. The van der Waals surface area contributed by atoms with E-state index < -0.39 is 16.0 Å². The maximum absolute atomic E-state index is 12.9. The number of carbonyl (C=O) groups is 1.